The normalized spacial score (nSPS) is 18.5. The molecule has 2 saturated heterocycles. The number of alkyl halides is 3. The first-order chi connectivity index (χ1) is 15.4. The van der Waals surface area contributed by atoms with Gasteiger partial charge in [-0.2, -0.15) is 13.2 Å². The molecule has 0 unspecified atom stereocenters. The van der Waals surface area contributed by atoms with Gasteiger partial charge in [0.1, 0.15) is 0 Å². The van der Waals surface area contributed by atoms with Gasteiger partial charge in [0, 0.05) is 44.0 Å². The molecule has 0 saturated carbocycles. The average molecular weight is 446 g/mol. The minimum Gasteiger partial charge on any atom is -0.368 e. The van der Waals surface area contributed by atoms with Crippen molar-refractivity contribution >= 4 is 11.6 Å². The molecule has 4 rings (SSSR count). The highest BCUT2D eigenvalue weighted by molar-refractivity contribution is 5.94. The van der Waals surface area contributed by atoms with Crippen LogP contribution in [0.2, 0.25) is 0 Å². The maximum absolute atomic E-state index is 13.0. The minimum atomic E-state index is -4.35. The first-order valence-electron chi connectivity index (χ1n) is 11.4. The van der Waals surface area contributed by atoms with Crippen molar-refractivity contribution in [3.8, 4) is 0 Å². The smallest absolute Gasteiger partial charge is 0.368 e. The standard InChI is InChI=1S/C25H30F3N3O/c26-25(27,28)22-6-5-7-23(18-22)30-14-16-31(17-15-30)24(32)21-10-8-20(9-11-21)19-29-12-3-1-2-4-13-29/h5-11,18H,1-4,12-17,19H2. The summed E-state index contributed by atoms with van der Waals surface area (Å²) in [4.78, 5) is 19.1. The van der Waals surface area contributed by atoms with Gasteiger partial charge in [0.05, 0.1) is 5.56 Å². The van der Waals surface area contributed by atoms with Gasteiger partial charge >= 0.3 is 6.18 Å². The Morgan fingerprint density at radius 2 is 1.47 bits per heavy atom. The maximum atomic E-state index is 13.0. The van der Waals surface area contributed by atoms with Crippen molar-refractivity contribution in [1.29, 1.82) is 0 Å². The number of likely N-dealkylation sites (tertiary alicyclic amines) is 1. The van der Waals surface area contributed by atoms with Crippen LogP contribution in [0.4, 0.5) is 18.9 Å². The minimum absolute atomic E-state index is 0.0185. The fourth-order valence-electron chi connectivity index (χ4n) is 4.53. The van der Waals surface area contributed by atoms with E-state index >= 15 is 0 Å². The van der Waals surface area contributed by atoms with Gasteiger partial charge in [-0.05, 0) is 61.8 Å². The molecule has 7 heteroatoms. The van der Waals surface area contributed by atoms with Crippen molar-refractivity contribution in [3.05, 3.63) is 65.2 Å². The van der Waals surface area contributed by atoms with E-state index in [2.05, 4.69) is 4.90 Å². The van der Waals surface area contributed by atoms with E-state index < -0.39 is 11.7 Å². The van der Waals surface area contributed by atoms with Gasteiger partial charge in [0.2, 0.25) is 0 Å². The van der Waals surface area contributed by atoms with Gasteiger partial charge in [0.15, 0.2) is 0 Å². The molecule has 4 nitrogen and oxygen atoms in total. The molecule has 1 amide bonds. The SMILES string of the molecule is O=C(c1ccc(CN2CCCCCC2)cc1)N1CCN(c2cccc(C(F)(F)F)c2)CC1. The molecule has 2 aliphatic rings. The van der Waals surface area contributed by atoms with Gasteiger partial charge in [-0.25, -0.2) is 0 Å². The monoisotopic (exact) mass is 445 g/mol. The molecule has 0 radical (unpaired) electrons. The molecule has 172 valence electrons. The quantitative estimate of drug-likeness (QED) is 0.660. The average Bonchev–Trinajstić information content (AvgIpc) is 3.07. The molecule has 2 fully saturated rings. The van der Waals surface area contributed by atoms with Crippen LogP contribution in [0.15, 0.2) is 48.5 Å². The zero-order valence-corrected chi connectivity index (χ0v) is 18.3. The molecule has 2 heterocycles. The Kier molecular flexibility index (Phi) is 7.04. The van der Waals surface area contributed by atoms with Crippen LogP contribution in [0, 0.1) is 0 Å². The molecule has 0 N–H and O–H groups in total. The summed E-state index contributed by atoms with van der Waals surface area (Å²) in [5.74, 6) is -0.0185. The van der Waals surface area contributed by atoms with E-state index in [0.29, 0.717) is 37.4 Å². The van der Waals surface area contributed by atoms with Crippen molar-refractivity contribution in [2.24, 2.45) is 0 Å². The van der Waals surface area contributed by atoms with Crippen LogP contribution in [0.25, 0.3) is 0 Å². The number of piperazine rings is 1. The van der Waals surface area contributed by atoms with Gasteiger partial charge in [-0.3, -0.25) is 9.69 Å². The summed E-state index contributed by atoms with van der Waals surface area (Å²) in [7, 11) is 0. The Morgan fingerprint density at radius 1 is 0.812 bits per heavy atom. The van der Waals surface area contributed by atoms with Crippen LogP contribution in [0.5, 0.6) is 0 Å². The van der Waals surface area contributed by atoms with Gasteiger partial charge < -0.3 is 9.80 Å². The Balaban J connectivity index is 1.32. The molecule has 2 aromatic carbocycles. The summed E-state index contributed by atoms with van der Waals surface area (Å²) in [5.41, 5.74) is 1.79. The lowest BCUT2D eigenvalue weighted by Gasteiger charge is -2.36. The molecule has 0 spiro atoms. The number of carbonyl (C=O) groups excluding carboxylic acids is 1. The number of nitrogens with zero attached hydrogens (tertiary/aromatic N) is 3. The largest absolute Gasteiger partial charge is 0.416 e. The second-order valence-corrected chi connectivity index (χ2v) is 8.71. The number of anilines is 1. The molecule has 0 bridgehead atoms. The molecule has 0 aromatic heterocycles. The highest BCUT2D eigenvalue weighted by Crippen LogP contribution is 2.32. The predicted molar refractivity (Wildman–Crippen MR) is 120 cm³/mol. The van der Waals surface area contributed by atoms with Crippen LogP contribution in [0.1, 0.15) is 47.2 Å². The Bertz CT molecular complexity index is 897. The third-order valence-electron chi connectivity index (χ3n) is 6.41. The molecule has 32 heavy (non-hydrogen) atoms. The Hall–Kier alpha value is -2.54. The van der Waals surface area contributed by atoms with Crippen LogP contribution in [0.3, 0.4) is 0 Å². The van der Waals surface area contributed by atoms with E-state index in [1.807, 2.05) is 29.2 Å². The highest BCUT2D eigenvalue weighted by atomic mass is 19.4. The lowest BCUT2D eigenvalue weighted by molar-refractivity contribution is -0.137. The lowest BCUT2D eigenvalue weighted by Crippen LogP contribution is -2.48. The van der Waals surface area contributed by atoms with E-state index in [9.17, 15) is 18.0 Å². The third kappa shape index (κ3) is 5.63. The summed E-state index contributed by atoms with van der Waals surface area (Å²) in [6.45, 7) is 5.20. The van der Waals surface area contributed by atoms with Crippen molar-refractivity contribution in [2.45, 2.75) is 38.4 Å². The topological polar surface area (TPSA) is 26.8 Å². The fraction of sp³-hybridized carbons (Fsp3) is 0.480. The summed E-state index contributed by atoms with van der Waals surface area (Å²) in [6.07, 6.45) is 0.773. The maximum Gasteiger partial charge on any atom is 0.416 e. The number of hydrogen-bond acceptors (Lipinski definition) is 3. The van der Waals surface area contributed by atoms with Crippen LogP contribution in [-0.2, 0) is 12.7 Å². The van der Waals surface area contributed by atoms with Crippen LogP contribution in [-0.4, -0.2) is 55.0 Å². The van der Waals surface area contributed by atoms with Gasteiger partial charge in [-0.15, -0.1) is 0 Å². The van der Waals surface area contributed by atoms with Crippen LogP contribution < -0.4 is 4.90 Å². The van der Waals surface area contributed by atoms with Crippen LogP contribution >= 0.6 is 0 Å². The second kappa shape index (κ2) is 9.94. The van der Waals surface area contributed by atoms with E-state index in [4.69, 9.17) is 0 Å². The number of benzene rings is 2. The Labute approximate surface area is 187 Å². The Morgan fingerprint density at radius 3 is 2.09 bits per heavy atom. The number of carbonyl (C=O) groups is 1. The van der Waals surface area contributed by atoms with E-state index in [0.717, 1.165) is 25.7 Å². The second-order valence-electron chi connectivity index (χ2n) is 8.71. The van der Waals surface area contributed by atoms with Gasteiger partial charge in [0.25, 0.3) is 5.91 Å². The number of halogens is 3. The first kappa shape index (κ1) is 22.6. The van der Waals surface area contributed by atoms with Gasteiger partial charge in [-0.1, -0.05) is 31.0 Å². The molecule has 2 aromatic rings. The van der Waals surface area contributed by atoms with E-state index in [-0.39, 0.29) is 5.91 Å². The zero-order valence-electron chi connectivity index (χ0n) is 18.3. The summed E-state index contributed by atoms with van der Waals surface area (Å²) < 4.78 is 39.0. The molecule has 0 atom stereocenters. The molecular weight excluding hydrogens is 415 g/mol. The van der Waals surface area contributed by atoms with E-state index in [1.54, 1.807) is 11.0 Å². The predicted octanol–water partition coefficient (Wildman–Crippen LogP) is 5.04. The number of amides is 1. The summed E-state index contributed by atoms with van der Waals surface area (Å²) in [6, 6.07) is 13.3. The first-order valence-corrected chi connectivity index (χ1v) is 11.4. The fourth-order valence-corrected chi connectivity index (χ4v) is 4.53. The summed E-state index contributed by atoms with van der Waals surface area (Å²) >= 11 is 0. The lowest BCUT2D eigenvalue weighted by atomic mass is 10.1. The number of hydrogen-bond donors (Lipinski definition) is 0. The van der Waals surface area contributed by atoms with Crippen molar-refractivity contribution in [3.63, 3.8) is 0 Å². The number of rotatable bonds is 4. The van der Waals surface area contributed by atoms with Crippen molar-refractivity contribution < 1.29 is 18.0 Å². The molecule has 0 aliphatic carbocycles. The van der Waals surface area contributed by atoms with E-state index in [1.165, 1.54) is 43.4 Å². The molecular formula is C25H30F3N3O. The highest BCUT2D eigenvalue weighted by Gasteiger charge is 2.31. The molecule has 2 aliphatic heterocycles. The van der Waals surface area contributed by atoms with Crippen molar-refractivity contribution in [1.82, 2.24) is 9.80 Å². The third-order valence-corrected chi connectivity index (χ3v) is 6.41. The summed E-state index contributed by atoms with van der Waals surface area (Å²) in [5, 5.41) is 0. The zero-order chi connectivity index (χ0) is 22.6. The van der Waals surface area contributed by atoms with Crippen molar-refractivity contribution in [2.75, 3.05) is 44.2 Å².